The molecule has 8 heteroatoms. The molecular formula is C28H31F4N3O. The van der Waals surface area contributed by atoms with E-state index in [4.69, 9.17) is 0 Å². The number of imidazole rings is 1. The topological polar surface area (TPSA) is 50.7 Å². The van der Waals surface area contributed by atoms with Gasteiger partial charge in [-0.05, 0) is 72.7 Å². The van der Waals surface area contributed by atoms with Gasteiger partial charge in [-0.2, -0.15) is 13.2 Å². The molecule has 0 aliphatic heterocycles. The third-order valence-corrected chi connectivity index (χ3v) is 6.19. The van der Waals surface area contributed by atoms with E-state index in [1.165, 1.54) is 29.9 Å². The van der Waals surface area contributed by atoms with Crippen LogP contribution in [-0.4, -0.2) is 20.3 Å². The van der Waals surface area contributed by atoms with Gasteiger partial charge in [-0.25, -0.2) is 9.37 Å². The van der Waals surface area contributed by atoms with E-state index in [2.05, 4.69) is 23.8 Å². The zero-order chi connectivity index (χ0) is 26.5. The molecule has 0 radical (unpaired) electrons. The lowest BCUT2D eigenvalue weighted by atomic mass is 9.92. The predicted molar refractivity (Wildman–Crippen MR) is 135 cm³/mol. The number of hydrogen-bond acceptors (Lipinski definition) is 2. The first-order valence-electron chi connectivity index (χ1n) is 12.1. The van der Waals surface area contributed by atoms with Crippen molar-refractivity contribution in [2.75, 3.05) is 0 Å². The third-order valence-electron chi connectivity index (χ3n) is 6.19. The predicted octanol–water partition coefficient (Wildman–Crippen LogP) is 8.39. The minimum absolute atomic E-state index is 0.0409. The van der Waals surface area contributed by atoms with Gasteiger partial charge in [-0.1, -0.05) is 32.4 Å². The van der Waals surface area contributed by atoms with Crippen LogP contribution in [0.1, 0.15) is 74.6 Å². The second-order valence-corrected chi connectivity index (χ2v) is 8.67. The smallest absolute Gasteiger partial charge is 0.367 e. The Morgan fingerprint density at radius 1 is 1.06 bits per heavy atom. The Hall–Kier alpha value is -3.42. The number of H-pyrrole nitrogens is 1. The zero-order valence-electron chi connectivity index (χ0n) is 20.9. The molecule has 0 saturated heterocycles. The van der Waals surface area contributed by atoms with Gasteiger partial charge < -0.3 is 9.55 Å². The van der Waals surface area contributed by atoms with E-state index in [9.17, 15) is 22.4 Å². The van der Waals surface area contributed by atoms with Crippen molar-refractivity contribution >= 4 is 16.8 Å². The van der Waals surface area contributed by atoms with E-state index in [-0.39, 0.29) is 22.9 Å². The summed E-state index contributed by atoms with van der Waals surface area (Å²) in [4.78, 5) is 18.5. The molecular weight excluding hydrogens is 470 g/mol. The minimum Gasteiger partial charge on any atom is -0.367 e. The van der Waals surface area contributed by atoms with Crippen LogP contribution in [0, 0.1) is 5.82 Å². The van der Waals surface area contributed by atoms with Gasteiger partial charge in [0.05, 0.1) is 11.1 Å². The first kappa shape index (κ1) is 27.2. The van der Waals surface area contributed by atoms with Crippen LogP contribution in [0.2, 0.25) is 0 Å². The van der Waals surface area contributed by atoms with Crippen molar-refractivity contribution in [3.8, 4) is 11.1 Å². The van der Waals surface area contributed by atoms with Crippen molar-refractivity contribution in [3.05, 3.63) is 77.6 Å². The highest BCUT2D eigenvalue weighted by Gasteiger charge is 2.35. The van der Waals surface area contributed by atoms with E-state index in [1.807, 2.05) is 12.1 Å². The fraction of sp³-hybridized carbons (Fsp3) is 0.357. The molecule has 1 atom stereocenters. The van der Waals surface area contributed by atoms with Crippen molar-refractivity contribution in [1.82, 2.24) is 14.5 Å². The summed E-state index contributed by atoms with van der Waals surface area (Å²) in [5.74, 6) is 0.138. The van der Waals surface area contributed by atoms with Crippen molar-refractivity contribution < 1.29 is 22.4 Å². The number of aromatic amines is 1. The van der Waals surface area contributed by atoms with Crippen LogP contribution in [0.4, 0.5) is 17.6 Å². The molecule has 1 unspecified atom stereocenters. The molecule has 2 aromatic heterocycles. The SMILES string of the molecule is CCCC(CC)c1ccc(F)cc1.CCn1c(C(C)=O)nc2c(C(F)(F)F)cc(-c3cc[nH]c3)cc21. The highest BCUT2D eigenvalue weighted by atomic mass is 19.4. The molecule has 2 aromatic carbocycles. The molecule has 0 aliphatic rings. The maximum absolute atomic E-state index is 13.4. The van der Waals surface area contributed by atoms with Gasteiger partial charge in [0.25, 0.3) is 0 Å². The number of alkyl halides is 3. The van der Waals surface area contributed by atoms with Crippen LogP contribution < -0.4 is 0 Å². The Kier molecular flexibility index (Phi) is 8.71. The molecule has 2 heterocycles. The van der Waals surface area contributed by atoms with Gasteiger partial charge in [0.2, 0.25) is 0 Å². The van der Waals surface area contributed by atoms with E-state index >= 15 is 0 Å². The molecule has 0 bridgehead atoms. The number of Topliss-reactive ketones (excluding diaryl/α,β-unsaturated/α-hetero) is 1. The van der Waals surface area contributed by atoms with Crippen LogP contribution in [-0.2, 0) is 12.7 Å². The number of aryl methyl sites for hydroxylation is 1. The zero-order valence-corrected chi connectivity index (χ0v) is 20.9. The number of ketones is 1. The van der Waals surface area contributed by atoms with Crippen LogP contribution in [0.5, 0.6) is 0 Å². The van der Waals surface area contributed by atoms with Crippen molar-refractivity contribution in [2.45, 2.75) is 65.6 Å². The molecule has 192 valence electrons. The van der Waals surface area contributed by atoms with E-state index < -0.39 is 11.7 Å². The lowest BCUT2D eigenvalue weighted by Crippen LogP contribution is -2.06. The molecule has 0 saturated carbocycles. The molecule has 0 spiro atoms. The van der Waals surface area contributed by atoms with Gasteiger partial charge >= 0.3 is 6.18 Å². The molecule has 0 aliphatic carbocycles. The van der Waals surface area contributed by atoms with Crippen molar-refractivity contribution in [1.29, 1.82) is 0 Å². The Bertz CT molecular complexity index is 1290. The average Bonchev–Trinajstić information content (AvgIpc) is 3.50. The Balaban J connectivity index is 0.000000236. The van der Waals surface area contributed by atoms with Crippen LogP contribution in [0.3, 0.4) is 0 Å². The lowest BCUT2D eigenvalue weighted by molar-refractivity contribution is -0.136. The van der Waals surface area contributed by atoms with E-state index in [1.54, 1.807) is 43.6 Å². The van der Waals surface area contributed by atoms with Crippen molar-refractivity contribution in [2.24, 2.45) is 0 Å². The number of halogens is 4. The Morgan fingerprint density at radius 2 is 1.75 bits per heavy atom. The summed E-state index contributed by atoms with van der Waals surface area (Å²) in [5.41, 5.74) is 1.63. The number of rotatable bonds is 7. The highest BCUT2D eigenvalue weighted by Crippen LogP contribution is 2.38. The maximum atomic E-state index is 13.4. The number of fused-ring (bicyclic) bond motifs is 1. The number of carbonyl (C=O) groups is 1. The highest BCUT2D eigenvalue weighted by molar-refractivity contribution is 5.96. The fourth-order valence-corrected chi connectivity index (χ4v) is 4.39. The number of nitrogens with one attached hydrogen (secondary N) is 1. The van der Waals surface area contributed by atoms with E-state index in [0.717, 1.165) is 12.5 Å². The Labute approximate surface area is 208 Å². The number of carbonyl (C=O) groups excluding carboxylic acids is 1. The summed E-state index contributed by atoms with van der Waals surface area (Å²) in [6.07, 6.45) is 2.24. The molecule has 0 amide bonds. The van der Waals surface area contributed by atoms with Crippen LogP contribution in [0.15, 0.2) is 54.9 Å². The number of aromatic nitrogens is 3. The van der Waals surface area contributed by atoms with Gasteiger partial charge in [-0.15, -0.1) is 0 Å². The van der Waals surface area contributed by atoms with Crippen molar-refractivity contribution in [3.63, 3.8) is 0 Å². The average molecular weight is 502 g/mol. The largest absolute Gasteiger partial charge is 0.418 e. The van der Waals surface area contributed by atoms with Gasteiger partial charge in [0.15, 0.2) is 11.6 Å². The van der Waals surface area contributed by atoms with Gasteiger partial charge in [0, 0.05) is 25.9 Å². The standard InChI is InChI=1S/C16H14F3N3O.C12H17F/c1-3-22-13-7-11(10-4-5-20-8-10)6-12(16(17,18)19)14(13)21-15(22)9(2)23;1-3-5-10(4-2)11-6-8-12(13)9-7-11/h4-8,20H,3H2,1-2H3;6-10H,3-5H2,1-2H3. The normalized spacial score (nSPS) is 12.3. The molecule has 4 nitrogen and oxygen atoms in total. The summed E-state index contributed by atoms with van der Waals surface area (Å²) < 4.78 is 54.5. The molecule has 0 fully saturated rings. The number of hydrogen-bond donors (Lipinski definition) is 1. The molecule has 4 rings (SSSR count). The fourth-order valence-electron chi connectivity index (χ4n) is 4.39. The van der Waals surface area contributed by atoms with Crippen LogP contribution >= 0.6 is 0 Å². The summed E-state index contributed by atoms with van der Waals surface area (Å²) in [5, 5.41) is 0. The maximum Gasteiger partial charge on any atom is 0.418 e. The quantitative estimate of drug-likeness (QED) is 0.204. The lowest BCUT2D eigenvalue weighted by Gasteiger charge is -2.13. The summed E-state index contributed by atoms with van der Waals surface area (Å²) in [6, 6.07) is 11.3. The van der Waals surface area contributed by atoms with Crippen LogP contribution in [0.25, 0.3) is 22.2 Å². The summed E-state index contributed by atoms with van der Waals surface area (Å²) in [6.45, 7) is 7.80. The van der Waals surface area contributed by atoms with E-state index in [0.29, 0.717) is 29.1 Å². The monoisotopic (exact) mass is 501 g/mol. The Morgan fingerprint density at radius 3 is 2.25 bits per heavy atom. The van der Waals surface area contributed by atoms with Gasteiger partial charge in [-0.3, -0.25) is 4.79 Å². The second kappa shape index (κ2) is 11.5. The number of benzene rings is 2. The third kappa shape index (κ3) is 6.04. The minimum atomic E-state index is -4.55. The first-order valence-corrected chi connectivity index (χ1v) is 12.1. The molecule has 4 aromatic rings. The summed E-state index contributed by atoms with van der Waals surface area (Å²) in [7, 11) is 0. The second-order valence-electron chi connectivity index (χ2n) is 8.67. The number of nitrogens with zero attached hydrogens (tertiary/aromatic N) is 2. The summed E-state index contributed by atoms with van der Waals surface area (Å²) >= 11 is 0. The molecule has 36 heavy (non-hydrogen) atoms. The first-order chi connectivity index (χ1) is 17.1. The van der Waals surface area contributed by atoms with Gasteiger partial charge in [0.1, 0.15) is 11.3 Å². The molecule has 1 N–H and O–H groups in total.